The molecule has 1 N–H and O–H groups in total. The van der Waals surface area contributed by atoms with Gasteiger partial charge in [0.1, 0.15) is 0 Å². The second kappa shape index (κ2) is 6.66. The second-order valence-corrected chi connectivity index (χ2v) is 5.87. The van der Waals surface area contributed by atoms with Crippen LogP contribution in [0.25, 0.3) is 5.69 Å². The molecule has 0 radical (unpaired) electrons. The van der Waals surface area contributed by atoms with Gasteiger partial charge in [0.15, 0.2) is 0 Å². The average Bonchev–Trinajstić information content (AvgIpc) is 2.88. The predicted molar refractivity (Wildman–Crippen MR) is 82.0 cm³/mol. The lowest BCUT2D eigenvalue weighted by Crippen LogP contribution is -2.19. The smallest absolute Gasteiger partial charge is 0.0679 e. The van der Waals surface area contributed by atoms with Crippen molar-refractivity contribution in [1.82, 2.24) is 20.1 Å². The molecule has 0 amide bonds. The van der Waals surface area contributed by atoms with E-state index >= 15 is 0 Å². The van der Waals surface area contributed by atoms with Crippen molar-refractivity contribution in [2.75, 3.05) is 6.54 Å². The molecular weight excluding hydrogens is 248 g/mol. The molecule has 108 valence electrons. The lowest BCUT2D eigenvalue weighted by Gasteiger charge is -2.08. The first-order chi connectivity index (χ1) is 9.56. The largest absolute Gasteiger partial charge is 0.311 e. The minimum Gasteiger partial charge on any atom is -0.311 e. The van der Waals surface area contributed by atoms with Crippen LogP contribution in [0.15, 0.2) is 30.6 Å². The molecule has 4 heteroatoms. The van der Waals surface area contributed by atoms with E-state index < -0.39 is 0 Å². The predicted octanol–water partition coefficient (Wildman–Crippen LogP) is 3.14. The summed E-state index contributed by atoms with van der Waals surface area (Å²) in [6, 6.07) is 6.15. The maximum atomic E-state index is 4.60. The van der Waals surface area contributed by atoms with Crippen molar-refractivity contribution in [1.29, 1.82) is 0 Å². The summed E-state index contributed by atoms with van der Waals surface area (Å²) in [4.78, 5) is 4.40. The van der Waals surface area contributed by atoms with Gasteiger partial charge in [-0.15, -0.1) is 0 Å². The number of aromatic nitrogens is 3. The molecular formula is C16H24N4. The van der Waals surface area contributed by atoms with Crippen LogP contribution in [0, 0.1) is 5.92 Å². The molecule has 2 aromatic heterocycles. The highest BCUT2D eigenvalue weighted by atomic mass is 15.3. The number of rotatable bonds is 6. The van der Waals surface area contributed by atoms with Crippen LogP contribution in [0.1, 0.15) is 45.0 Å². The van der Waals surface area contributed by atoms with E-state index in [0.29, 0.717) is 11.8 Å². The highest BCUT2D eigenvalue weighted by molar-refractivity contribution is 5.31. The van der Waals surface area contributed by atoms with Crippen LogP contribution in [0.4, 0.5) is 0 Å². The molecule has 2 heterocycles. The van der Waals surface area contributed by atoms with Crippen molar-refractivity contribution in [3.05, 3.63) is 42.0 Å². The van der Waals surface area contributed by atoms with E-state index in [9.17, 15) is 0 Å². The fraction of sp³-hybridized carbons (Fsp3) is 0.500. The summed E-state index contributed by atoms with van der Waals surface area (Å²) in [7, 11) is 0. The Morgan fingerprint density at radius 1 is 1.20 bits per heavy atom. The van der Waals surface area contributed by atoms with Crippen molar-refractivity contribution in [3.8, 4) is 5.69 Å². The fourth-order valence-corrected chi connectivity index (χ4v) is 1.98. The van der Waals surface area contributed by atoms with Crippen molar-refractivity contribution in [3.63, 3.8) is 0 Å². The van der Waals surface area contributed by atoms with Crippen LogP contribution in [0.3, 0.4) is 0 Å². The first kappa shape index (κ1) is 14.7. The lowest BCUT2D eigenvalue weighted by molar-refractivity contribution is 0.548. The van der Waals surface area contributed by atoms with Crippen LogP contribution in [-0.2, 0) is 6.54 Å². The molecule has 2 aromatic rings. The molecule has 0 saturated heterocycles. The van der Waals surface area contributed by atoms with Gasteiger partial charge < -0.3 is 5.32 Å². The lowest BCUT2D eigenvalue weighted by atomic mass is 10.1. The van der Waals surface area contributed by atoms with E-state index in [2.05, 4.69) is 55.2 Å². The third-order valence-electron chi connectivity index (χ3n) is 3.12. The molecule has 0 aliphatic heterocycles. The van der Waals surface area contributed by atoms with Crippen LogP contribution in [0.2, 0.25) is 0 Å². The van der Waals surface area contributed by atoms with Crippen molar-refractivity contribution >= 4 is 0 Å². The van der Waals surface area contributed by atoms with E-state index in [1.54, 1.807) is 0 Å². The molecule has 20 heavy (non-hydrogen) atoms. The van der Waals surface area contributed by atoms with Crippen molar-refractivity contribution in [2.24, 2.45) is 5.92 Å². The topological polar surface area (TPSA) is 42.7 Å². The number of nitrogens with one attached hydrogen (secondary N) is 1. The number of nitrogens with zero attached hydrogens (tertiary/aromatic N) is 3. The molecule has 2 rings (SSSR count). The van der Waals surface area contributed by atoms with Gasteiger partial charge in [-0.05, 0) is 36.6 Å². The number of hydrogen-bond acceptors (Lipinski definition) is 3. The van der Waals surface area contributed by atoms with Gasteiger partial charge in [0.25, 0.3) is 0 Å². The van der Waals surface area contributed by atoms with Crippen LogP contribution < -0.4 is 5.32 Å². The van der Waals surface area contributed by atoms with Gasteiger partial charge >= 0.3 is 0 Å². The summed E-state index contributed by atoms with van der Waals surface area (Å²) in [6.07, 6.45) is 3.86. The van der Waals surface area contributed by atoms with Crippen LogP contribution >= 0.6 is 0 Å². The summed E-state index contributed by atoms with van der Waals surface area (Å²) in [5, 5.41) is 8.01. The quantitative estimate of drug-likeness (QED) is 0.878. The Balaban J connectivity index is 2.08. The maximum Gasteiger partial charge on any atom is 0.0679 e. The number of pyridine rings is 1. The molecule has 0 fully saturated rings. The zero-order chi connectivity index (χ0) is 14.5. The first-order valence-electron chi connectivity index (χ1n) is 7.28. The normalized spacial score (nSPS) is 11.5. The molecule has 0 bridgehead atoms. The third-order valence-corrected chi connectivity index (χ3v) is 3.12. The number of hydrogen-bond donors (Lipinski definition) is 1. The molecule has 0 aromatic carbocycles. The van der Waals surface area contributed by atoms with Crippen molar-refractivity contribution < 1.29 is 0 Å². The average molecular weight is 272 g/mol. The summed E-state index contributed by atoms with van der Waals surface area (Å²) in [6.45, 7) is 10.5. The summed E-state index contributed by atoms with van der Waals surface area (Å²) in [5.41, 5.74) is 3.22. The molecule has 0 aliphatic carbocycles. The standard InChI is InChI=1S/C16H24N4/c1-12(2)10-17-11-14-9-15(5-7-18-14)20-8-6-16(19-20)13(3)4/h5-9,12-13,17H,10-11H2,1-4H3. The molecule has 0 saturated carbocycles. The van der Waals surface area contributed by atoms with Gasteiger partial charge in [-0.1, -0.05) is 27.7 Å². The van der Waals surface area contributed by atoms with E-state index in [4.69, 9.17) is 0 Å². The third kappa shape index (κ3) is 3.90. The van der Waals surface area contributed by atoms with Crippen LogP contribution in [-0.4, -0.2) is 21.3 Å². The fourth-order valence-electron chi connectivity index (χ4n) is 1.98. The SMILES string of the molecule is CC(C)CNCc1cc(-n2ccc(C(C)C)n2)ccn1. The minimum atomic E-state index is 0.449. The van der Waals surface area contributed by atoms with Crippen molar-refractivity contribution in [2.45, 2.75) is 40.2 Å². The Morgan fingerprint density at radius 2 is 2.00 bits per heavy atom. The molecule has 0 spiro atoms. The maximum absolute atomic E-state index is 4.60. The summed E-state index contributed by atoms with van der Waals surface area (Å²) < 4.78 is 1.92. The Morgan fingerprint density at radius 3 is 2.65 bits per heavy atom. The first-order valence-corrected chi connectivity index (χ1v) is 7.28. The van der Waals surface area contributed by atoms with Gasteiger partial charge in [-0.3, -0.25) is 4.98 Å². The zero-order valence-electron chi connectivity index (χ0n) is 12.8. The van der Waals surface area contributed by atoms with E-state index in [1.807, 2.05) is 23.1 Å². The zero-order valence-corrected chi connectivity index (χ0v) is 12.8. The van der Waals surface area contributed by atoms with Gasteiger partial charge in [0, 0.05) is 18.9 Å². The Hall–Kier alpha value is -1.68. The Labute approximate surface area is 121 Å². The van der Waals surface area contributed by atoms with E-state index in [1.165, 1.54) is 0 Å². The van der Waals surface area contributed by atoms with Gasteiger partial charge in [0.2, 0.25) is 0 Å². The highest BCUT2D eigenvalue weighted by Gasteiger charge is 2.05. The Kier molecular flexibility index (Phi) is 4.90. The molecule has 4 nitrogen and oxygen atoms in total. The second-order valence-electron chi connectivity index (χ2n) is 5.87. The monoisotopic (exact) mass is 272 g/mol. The Bertz CT molecular complexity index is 543. The van der Waals surface area contributed by atoms with Gasteiger partial charge in [0.05, 0.1) is 17.1 Å². The van der Waals surface area contributed by atoms with Gasteiger partial charge in [-0.2, -0.15) is 5.10 Å². The molecule has 0 aliphatic rings. The molecule has 0 atom stereocenters. The molecule has 0 unspecified atom stereocenters. The highest BCUT2D eigenvalue weighted by Crippen LogP contribution is 2.14. The van der Waals surface area contributed by atoms with Gasteiger partial charge in [-0.25, -0.2) is 4.68 Å². The van der Waals surface area contributed by atoms with E-state index in [-0.39, 0.29) is 0 Å². The summed E-state index contributed by atoms with van der Waals surface area (Å²) in [5.74, 6) is 1.10. The van der Waals surface area contributed by atoms with E-state index in [0.717, 1.165) is 30.2 Å². The minimum absolute atomic E-state index is 0.449. The van der Waals surface area contributed by atoms with Crippen LogP contribution in [0.5, 0.6) is 0 Å². The summed E-state index contributed by atoms with van der Waals surface area (Å²) >= 11 is 0.